The minimum atomic E-state index is -0.659. The number of aromatic nitrogens is 2. The van der Waals surface area contributed by atoms with Crippen LogP contribution < -0.4 is 5.32 Å². The van der Waals surface area contributed by atoms with Crippen LogP contribution in [0.15, 0.2) is 12.4 Å². The molecule has 5 nitrogen and oxygen atoms in total. The predicted molar refractivity (Wildman–Crippen MR) is 62.0 cm³/mol. The van der Waals surface area contributed by atoms with Gasteiger partial charge < -0.3 is 15.5 Å². The molecule has 0 fully saturated rings. The maximum absolute atomic E-state index is 9.19. The molecule has 0 aromatic carbocycles. The Morgan fingerprint density at radius 1 is 1.50 bits per heavy atom. The molecule has 0 amide bonds. The molecule has 0 aliphatic heterocycles. The van der Waals surface area contributed by atoms with E-state index in [1.54, 1.807) is 13.1 Å². The van der Waals surface area contributed by atoms with Crippen LogP contribution in [-0.4, -0.2) is 38.7 Å². The fraction of sp³-hybridized carbons (Fsp3) is 0.727. The van der Waals surface area contributed by atoms with Crippen molar-refractivity contribution >= 4 is 0 Å². The van der Waals surface area contributed by atoms with Crippen LogP contribution in [0.3, 0.4) is 0 Å². The van der Waals surface area contributed by atoms with Gasteiger partial charge in [-0.25, -0.2) is 0 Å². The van der Waals surface area contributed by atoms with Gasteiger partial charge in [0.1, 0.15) is 0 Å². The van der Waals surface area contributed by atoms with Crippen LogP contribution in [0.5, 0.6) is 0 Å². The van der Waals surface area contributed by atoms with Gasteiger partial charge in [0.05, 0.1) is 24.9 Å². The van der Waals surface area contributed by atoms with Gasteiger partial charge in [-0.3, -0.25) is 4.68 Å². The van der Waals surface area contributed by atoms with E-state index in [-0.39, 0.29) is 19.3 Å². The lowest BCUT2D eigenvalue weighted by atomic mass is 10.0. The lowest BCUT2D eigenvalue weighted by Crippen LogP contribution is -2.49. The van der Waals surface area contributed by atoms with E-state index in [0.717, 1.165) is 12.1 Å². The average molecular weight is 227 g/mol. The monoisotopic (exact) mass is 227 g/mol. The van der Waals surface area contributed by atoms with Crippen LogP contribution in [-0.2, 0) is 6.54 Å². The van der Waals surface area contributed by atoms with Crippen molar-refractivity contribution in [1.29, 1.82) is 0 Å². The van der Waals surface area contributed by atoms with E-state index in [2.05, 4.69) is 10.4 Å². The zero-order chi connectivity index (χ0) is 12.2. The molecule has 1 aromatic rings. The smallest absolute Gasteiger partial charge is 0.0633 e. The highest BCUT2D eigenvalue weighted by Gasteiger charge is 2.24. The Bertz CT molecular complexity index is 321. The van der Waals surface area contributed by atoms with Crippen molar-refractivity contribution in [2.24, 2.45) is 0 Å². The summed E-state index contributed by atoms with van der Waals surface area (Å²) in [4.78, 5) is 0. The summed E-state index contributed by atoms with van der Waals surface area (Å²) in [7, 11) is 0. The van der Waals surface area contributed by atoms with Gasteiger partial charge in [0.15, 0.2) is 0 Å². The molecule has 5 heteroatoms. The van der Waals surface area contributed by atoms with Crippen molar-refractivity contribution in [2.45, 2.75) is 38.9 Å². The Morgan fingerprint density at radius 3 is 2.56 bits per heavy atom. The third-order valence-corrected chi connectivity index (χ3v) is 2.74. The highest BCUT2D eigenvalue weighted by molar-refractivity contribution is 5.10. The van der Waals surface area contributed by atoms with Crippen molar-refractivity contribution in [3.8, 4) is 0 Å². The summed E-state index contributed by atoms with van der Waals surface area (Å²) in [5.41, 5.74) is 0.392. The molecule has 0 aliphatic rings. The summed E-state index contributed by atoms with van der Waals surface area (Å²) >= 11 is 0. The molecule has 0 saturated carbocycles. The molecule has 1 unspecified atom stereocenters. The molecule has 0 aliphatic carbocycles. The predicted octanol–water partition coefficient (Wildman–Crippen LogP) is 0.297. The number of aliphatic hydroxyl groups excluding tert-OH is 2. The largest absolute Gasteiger partial charge is 0.394 e. The van der Waals surface area contributed by atoms with Crippen molar-refractivity contribution in [2.75, 3.05) is 13.2 Å². The molecule has 1 aromatic heterocycles. The van der Waals surface area contributed by atoms with Crippen LogP contribution in [0.4, 0.5) is 0 Å². The topological polar surface area (TPSA) is 70.3 Å². The molecule has 1 rings (SSSR count). The maximum atomic E-state index is 9.19. The molecule has 1 atom stereocenters. The highest BCUT2D eigenvalue weighted by atomic mass is 16.3. The molecule has 0 saturated heterocycles. The normalized spacial score (nSPS) is 14.1. The Kier molecular flexibility index (Phi) is 4.46. The summed E-state index contributed by atoms with van der Waals surface area (Å²) in [6, 6.07) is 0.0459. The summed E-state index contributed by atoms with van der Waals surface area (Å²) < 4.78 is 1.85. The lowest BCUT2D eigenvalue weighted by molar-refractivity contribution is 0.0957. The first-order valence-corrected chi connectivity index (χ1v) is 5.56. The third kappa shape index (κ3) is 3.04. The second-order valence-corrected chi connectivity index (χ2v) is 4.37. The van der Waals surface area contributed by atoms with E-state index in [9.17, 15) is 10.2 Å². The van der Waals surface area contributed by atoms with Crippen molar-refractivity contribution in [1.82, 2.24) is 15.1 Å². The van der Waals surface area contributed by atoms with Gasteiger partial charge in [0, 0.05) is 24.3 Å². The van der Waals surface area contributed by atoms with Gasteiger partial charge in [0.25, 0.3) is 0 Å². The van der Waals surface area contributed by atoms with E-state index in [1.807, 2.05) is 24.7 Å². The zero-order valence-corrected chi connectivity index (χ0v) is 10.1. The van der Waals surface area contributed by atoms with E-state index in [4.69, 9.17) is 0 Å². The molecule has 16 heavy (non-hydrogen) atoms. The third-order valence-electron chi connectivity index (χ3n) is 2.74. The Morgan fingerprint density at radius 2 is 2.12 bits per heavy atom. The van der Waals surface area contributed by atoms with Crippen LogP contribution in [0.1, 0.15) is 32.4 Å². The molecule has 0 spiro atoms. The average Bonchev–Trinajstić information content (AvgIpc) is 2.77. The first-order chi connectivity index (χ1) is 7.54. The Hall–Kier alpha value is -0.910. The Labute approximate surface area is 96.1 Å². The summed E-state index contributed by atoms with van der Waals surface area (Å²) in [6.45, 7) is 6.43. The number of nitrogens with zero attached hydrogens (tertiary/aromatic N) is 2. The number of hydrogen-bond acceptors (Lipinski definition) is 4. The Balaban J connectivity index is 2.67. The fourth-order valence-electron chi connectivity index (χ4n) is 1.52. The molecular formula is C11H21N3O2. The van der Waals surface area contributed by atoms with Gasteiger partial charge in [-0.2, -0.15) is 5.10 Å². The zero-order valence-electron chi connectivity index (χ0n) is 10.1. The molecule has 0 bridgehead atoms. The fourth-order valence-corrected chi connectivity index (χ4v) is 1.52. The van der Waals surface area contributed by atoms with Gasteiger partial charge >= 0.3 is 0 Å². The first kappa shape index (κ1) is 13.2. The second-order valence-electron chi connectivity index (χ2n) is 4.37. The number of hydrogen-bond donors (Lipinski definition) is 3. The van der Waals surface area contributed by atoms with Crippen molar-refractivity contribution < 1.29 is 10.2 Å². The van der Waals surface area contributed by atoms with Crippen molar-refractivity contribution in [3.63, 3.8) is 0 Å². The minimum Gasteiger partial charge on any atom is -0.394 e. The van der Waals surface area contributed by atoms with Gasteiger partial charge in [-0.1, -0.05) is 0 Å². The van der Waals surface area contributed by atoms with E-state index >= 15 is 0 Å². The number of aliphatic hydroxyl groups is 2. The highest BCUT2D eigenvalue weighted by Crippen LogP contribution is 2.15. The minimum absolute atomic E-state index is 0.0459. The number of rotatable bonds is 6. The summed E-state index contributed by atoms with van der Waals surface area (Å²) in [5.74, 6) is 0. The standard InChI is InChI=1S/C11H21N3O2/c1-4-14-6-10(5-12-14)9(2)13-11(3,7-15)8-16/h5-6,9,13,15-16H,4,7-8H2,1-3H3. The SMILES string of the molecule is CCn1cc(C(C)NC(C)(CO)CO)cn1. The van der Waals surface area contributed by atoms with E-state index in [1.165, 1.54) is 0 Å². The second kappa shape index (κ2) is 5.43. The molecule has 92 valence electrons. The van der Waals surface area contributed by atoms with Crippen LogP contribution in [0, 0.1) is 0 Å². The van der Waals surface area contributed by atoms with Crippen LogP contribution in [0.25, 0.3) is 0 Å². The molecule has 3 N–H and O–H groups in total. The summed E-state index contributed by atoms with van der Waals surface area (Å²) in [5, 5.41) is 25.8. The first-order valence-electron chi connectivity index (χ1n) is 5.56. The molecule has 0 radical (unpaired) electrons. The van der Waals surface area contributed by atoms with Crippen molar-refractivity contribution in [3.05, 3.63) is 18.0 Å². The van der Waals surface area contributed by atoms with Gasteiger partial charge in [-0.05, 0) is 20.8 Å². The molecular weight excluding hydrogens is 206 g/mol. The van der Waals surface area contributed by atoms with Crippen LogP contribution in [0.2, 0.25) is 0 Å². The van der Waals surface area contributed by atoms with Gasteiger partial charge in [-0.15, -0.1) is 0 Å². The van der Waals surface area contributed by atoms with E-state index in [0.29, 0.717) is 0 Å². The van der Waals surface area contributed by atoms with Gasteiger partial charge in [0.2, 0.25) is 0 Å². The quantitative estimate of drug-likeness (QED) is 0.653. The summed E-state index contributed by atoms with van der Waals surface area (Å²) in [6.07, 6.45) is 3.77. The maximum Gasteiger partial charge on any atom is 0.0633 e. The lowest BCUT2D eigenvalue weighted by Gasteiger charge is -2.29. The van der Waals surface area contributed by atoms with Crippen LogP contribution >= 0.6 is 0 Å². The molecule has 1 heterocycles. The number of nitrogens with one attached hydrogen (secondary N) is 1. The van der Waals surface area contributed by atoms with E-state index < -0.39 is 5.54 Å². The number of aryl methyl sites for hydroxylation is 1.